The first kappa shape index (κ1) is 18.4. The second-order valence-electron chi connectivity index (χ2n) is 5.28. The van der Waals surface area contributed by atoms with Gasteiger partial charge in [0, 0.05) is 16.0 Å². The Morgan fingerprint density at radius 1 is 1.21 bits per heavy atom. The highest BCUT2D eigenvalue weighted by Gasteiger charge is 2.18. The van der Waals surface area contributed by atoms with Crippen LogP contribution in [0.5, 0.6) is 0 Å². The molecule has 0 fully saturated rings. The normalized spacial score (nSPS) is 12.0. The number of carbonyl (C=O) groups is 2. The average Bonchev–Trinajstić information content (AvgIpc) is 2.55. The lowest BCUT2D eigenvalue weighted by Gasteiger charge is -2.17. The molecule has 0 spiro atoms. The van der Waals surface area contributed by atoms with Crippen LogP contribution < -0.4 is 5.73 Å². The van der Waals surface area contributed by atoms with Gasteiger partial charge in [0.25, 0.3) is 0 Å². The van der Waals surface area contributed by atoms with Gasteiger partial charge in [0.2, 0.25) is 0 Å². The van der Waals surface area contributed by atoms with Crippen LogP contribution >= 0.6 is 27.5 Å². The molecule has 0 radical (unpaired) electrons. The fourth-order valence-electron chi connectivity index (χ4n) is 2.42. The monoisotopic (exact) mass is 411 g/mol. The second-order valence-corrected chi connectivity index (χ2v) is 6.51. The summed E-state index contributed by atoms with van der Waals surface area (Å²) < 4.78 is 0.598. The summed E-state index contributed by atoms with van der Waals surface area (Å²) in [5.41, 5.74) is 7.83. The van der Waals surface area contributed by atoms with Gasteiger partial charge in [0.05, 0.1) is 17.0 Å². The Balaban J connectivity index is 2.56. The van der Waals surface area contributed by atoms with Crippen LogP contribution in [0.3, 0.4) is 0 Å². The molecule has 7 heteroatoms. The van der Waals surface area contributed by atoms with Gasteiger partial charge in [-0.15, -0.1) is 0 Å². The highest BCUT2D eigenvalue weighted by atomic mass is 79.9. The Morgan fingerprint density at radius 2 is 1.92 bits per heavy atom. The summed E-state index contributed by atoms with van der Waals surface area (Å²) in [5.74, 6) is -2.34. The number of carboxylic acid groups (broad SMARTS) is 2. The van der Waals surface area contributed by atoms with E-state index in [1.165, 1.54) is 12.1 Å². The minimum Gasteiger partial charge on any atom is -0.481 e. The van der Waals surface area contributed by atoms with Gasteiger partial charge in [-0.05, 0) is 57.9 Å². The second kappa shape index (κ2) is 7.79. The van der Waals surface area contributed by atoms with Gasteiger partial charge in [-0.1, -0.05) is 23.7 Å². The van der Waals surface area contributed by atoms with Crippen molar-refractivity contribution in [2.75, 3.05) is 6.54 Å². The van der Waals surface area contributed by atoms with E-state index >= 15 is 0 Å². The first-order chi connectivity index (χ1) is 11.3. The largest absolute Gasteiger partial charge is 0.481 e. The molecule has 0 amide bonds. The number of carboxylic acids is 2. The zero-order chi connectivity index (χ0) is 17.9. The van der Waals surface area contributed by atoms with Crippen LogP contribution in [-0.2, 0) is 4.79 Å². The number of rotatable bonds is 6. The standard InChI is InChI=1S/C17H15BrClNO4/c18-14-6-11(12(8-20)7-15(21)22)5-13(16(14)19)9-2-1-3-10(4-9)17(23)24/h1-6,12H,7-8,20H2,(H,21,22)(H,23,24)/t12-/m0/s1. The van der Waals surface area contributed by atoms with E-state index in [4.69, 9.17) is 27.5 Å². The van der Waals surface area contributed by atoms with E-state index in [9.17, 15) is 9.59 Å². The average molecular weight is 413 g/mol. The van der Waals surface area contributed by atoms with Gasteiger partial charge in [0.1, 0.15) is 0 Å². The van der Waals surface area contributed by atoms with Crippen molar-refractivity contribution in [3.05, 3.63) is 57.0 Å². The minimum absolute atomic E-state index is 0.0980. The van der Waals surface area contributed by atoms with Crippen LogP contribution in [-0.4, -0.2) is 28.7 Å². The molecule has 24 heavy (non-hydrogen) atoms. The Morgan fingerprint density at radius 3 is 2.50 bits per heavy atom. The maximum atomic E-state index is 11.2. The summed E-state index contributed by atoms with van der Waals surface area (Å²) in [7, 11) is 0. The Kier molecular flexibility index (Phi) is 5.99. The molecule has 0 saturated heterocycles. The number of hydrogen-bond donors (Lipinski definition) is 3. The van der Waals surface area contributed by atoms with Crippen LogP contribution in [0.2, 0.25) is 5.02 Å². The fraction of sp³-hybridized carbons (Fsp3) is 0.176. The third-order valence-electron chi connectivity index (χ3n) is 3.65. The quantitative estimate of drug-likeness (QED) is 0.666. The summed E-state index contributed by atoms with van der Waals surface area (Å²) in [6.07, 6.45) is -0.0980. The number of benzene rings is 2. The summed E-state index contributed by atoms with van der Waals surface area (Å²) in [5, 5.41) is 18.6. The first-order valence-corrected chi connectivity index (χ1v) is 8.25. The van der Waals surface area contributed by atoms with Crippen LogP contribution in [0.4, 0.5) is 0 Å². The van der Waals surface area contributed by atoms with E-state index in [2.05, 4.69) is 15.9 Å². The van der Waals surface area contributed by atoms with Crippen LogP contribution in [0, 0.1) is 0 Å². The van der Waals surface area contributed by atoms with Gasteiger partial charge < -0.3 is 15.9 Å². The van der Waals surface area contributed by atoms with Crippen LogP contribution in [0.15, 0.2) is 40.9 Å². The summed E-state index contributed by atoms with van der Waals surface area (Å²) in [4.78, 5) is 22.2. The lowest BCUT2D eigenvalue weighted by Crippen LogP contribution is -2.16. The number of aromatic carboxylic acids is 1. The van der Waals surface area contributed by atoms with E-state index in [0.29, 0.717) is 20.6 Å². The zero-order valence-corrected chi connectivity index (χ0v) is 14.8. The van der Waals surface area contributed by atoms with Crippen molar-refractivity contribution in [1.29, 1.82) is 0 Å². The minimum atomic E-state index is -1.03. The van der Waals surface area contributed by atoms with Gasteiger partial charge >= 0.3 is 11.9 Å². The van der Waals surface area contributed by atoms with Crippen molar-refractivity contribution < 1.29 is 19.8 Å². The van der Waals surface area contributed by atoms with Crippen molar-refractivity contribution in [1.82, 2.24) is 0 Å². The Bertz CT molecular complexity index is 794. The number of hydrogen-bond acceptors (Lipinski definition) is 3. The van der Waals surface area contributed by atoms with Crippen LogP contribution in [0.1, 0.15) is 28.3 Å². The van der Waals surface area contributed by atoms with Crippen molar-refractivity contribution in [2.24, 2.45) is 5.73 Å². The number of aliphatic carboxylic acids is 1. The Hall–Kier alpha value is -1.89. The molecule has 0 aromatic heterocycles. The van der Waals surface area contributed by atoms with E-state index < -0.39 is 11.9 Å². The summed E-state index contributed by atoms with van der Waals surface area (Å²) in [6, 6.07) is 9.90. The Labute approximate surface area is 152 Å². The smallest absolute Gasteiger partial charge is 0.335 e. The zero-order valence-electron chi connectivity index (χ0n) is 12.5. The van der Waals surface area contributed by atoms with Gasteiger partial charge in [-0.3, -0.25) is 4.79 Å². The molecule has 0 bridgehead atoms. The van der Waals surface area contributed by atoms with Crippen molar-refractivity contribution in [2.45, 2.75) is 12.3 Å². The molecule has 0 unspecified atom stereocenters. The highest BCUT2D eigenvalue weighted by Crippen LogP contribution is 2.37. The predicted octanol–water partition coefficient (Wildman–Crippen LogP) is 3.98. The van der Waals surface area contributed by atoms with E-state index in [1.807, 2.05) is 0 Å². The number of nitrogens with two attached hydrogens (primary N) is 1. The highest BCUT2D eigenvalue weighted by molar-refractivity contribution is 9.10. The van der Waals surface area contributed by atoms with Crippen molar-refractivity contribution in [3.63, 3.8) is 0 Å². The summed E-state index contributed by atoms with van der Waals surface area (Å²) >= 11 is 9.71. The van der Waals surface area contributed by atoms with Crippen LogP contribution in [0.25, 0.3) is 11.1 Å². The topological polar surface area (TPSA) is 101 Å². The molecule has 5 nitrogen and oxygen atoms in total. The van der Waals surface area contributed by atoms with Gasteiger partial charge in [-0.25, -0.2) is 4.79 Å². The maximum Gasteiger partial charge on any atom is 0.335 e. The SMILES string of the molecule is NC[C@H](CC(=O)O)c1cc(Br)c(Cl)c(-c2cccc(C(=O)O)c2)c1. The molecule has 0 aliphatic heterocycles. The van der Waals surface area contributed by atoms with Gasteiger partial charge in [0.15, 0.2) is 0 Å². The molecule has 0 saturated carbocycles. The van der Waals surface area contributed by atoms with Gasteiger partial charge in [-0.2, -0.15) is 0 Å². The van der Waals surface area contributed by atoms with Crippen molar-refractivity contribution in [3.8, 4) is 11.1 Å². The molecule has 2 rings (SSSR count). The lowest BCUT2D eigenvalue weighted by molar-refractivity contribution is -0.137. The van der Waals surface area contributed by atoms with E-state index in [1.54, 1.807) is 24.3 Å². The lowest BCUT2D eigenvalue weighted by atomic mass is 9.92. The third-order valence-corrected chi connectivity index (χ3v) is 4.91. The third kappa shape index (κ3) is 4.14. The molecular weight excluding hydrogens is 398 g/mol. The molecule has 0 heterocycles. The van der Waals surface area contributed by atoms with E-state index in [-0.39, 0.29) is 24.4 Å². The molecule has 126 valence electrons. The molecular formula is C17H15BrClNO4. The molecule has 0 aliphatic rings. The molecule has 2 aromatic rings. The molecule has 0 aliphatic carbocycles. The first-order valence-electron chi connectivity index (χ1n) is 7.08. The maximum absolute atomic E-state index is 11.2. The predicted molar refractivity (Wildman–Crippen MR) is 95.6 cm³/mol. The van der Waals surface area contributed by atoms with Crippen molar-refractivity contribution >= 4 is 39.5 Å². The van der Waals surface area contributed by atoms with E-state index in [0.717, 1.165) is 5.56 Å². The fourth-order valence-corrected chi connectivity index (χ4v) is 3.12. The number of halogens is 2. The summed E-state index contributed by atoms with van der Waals surface area (Å²) in [6.45, 7) is 0.176. The molecule has 2 aromatic carbocycles. The molecule has 4 N–H and O–H groups in total. The molecule has 1 atom stereocenters.